The molecule has 158 valence electrons. The standard InChI is InChI=1S/C21H23N3O4S2/c1-5-27-19(26)15-10-11-29-18(15)22-16(25)12-30-20-24-23-17(28-20)13-6-8-14(9-7-13)21(2,3)4/h6-11H,5,12H2,1-4H3,(H,22,25). The maximum Gasteiger partial charge on any atom is 0.341 e. The van der Waals surface area contributed by atoms with Crippen LogP contribution in [0.4, 0.5) is 5.00 Å². The molecule has 9 heteroatoms. The zero-order valence-corrected chi connectivity index (χ0v) is 18.9. The lowest BCUT2D eigenvalue weighted by Crippen LogP contribution is -2.15. The summed E-state index contributed by atoms with van der Waals surface area (Å²) >= 11 is 2.40. The fourth-order valence-corrected chi connectivity index (χ4v) is 3.92. The number of thioether (sulfide) groups is 1. The molecule has 0 unspecified atom stereocenters. The highest BCUT2D eigenvalue weighted by Gasteiger charge is 2.18. The van der Waals surface area contributed by atoms with Crippen LogP contribution in [0, 0.1) is 0 Å². The van der Waals surface area contributed by atoms with Gasteiger partial charge in [0.15, 0.2) is 0 Å². The molecule has 0 atom stereocenters. The number of esters is 1. The molecular formula is C21H23N3O4S2. The van der Waals surface area contributed by atoms with Crippen molar-refractivity contribution in [3.05, 3.63) is 46.8 Å². The van der Waals surface area contributed by atoms with Crippen molar-refractivity contribution in [3.8, 4) is 11.5 Å². The normalized spacial score (nSPS) is 11.3. The number of hydrogen-bond acceptors (Lipinski definition) is 8. The van der Waals surface area contributed by atoms with Gasteiger partial charge in [0.2, 0.25) is 11.8 Å². The molecule has 0 radical (unpaired) electrons. The van der Waals surface area contributed by atoms with Crippen LogP contribution < -0.4 is 5.32 Å². The van der Waals surface area contributed by atoms with Gasteiger partial charge in [0.25, 0.3) is 5.22 Å². The molecule has 3 rings (SSSR count). The van der Waals surface area contributed by atoms with Gasteiger partial charge in [0.1, 0.15) is 5.00 Å². The first-order valence-corrected chi connectivity index (χ1v) is 11.3. The minimum atomic E-state index is -0.458. The SMILES string of the molecule is CCOC(=O)c1ccsc1NC(=O)CSc1nnc(-c2ccc(C(C)(C)C)cc2)o1. The lowest BCUT2D eigenvalue weighted by molar-refractivity contribution is -0.113. The van der Waals surface area contributed by atoms with Crippen LogP contribution in [0.2, 0.25) is 0 Å². The van der Waals surface area contributed by atoms with E-state index in [4.69, 9.17) is 9.15 Å². The molecule has 30 heavy (non-hydrogen) atoms. The maximum absolute atomic E-state index is 12.3. The lowest BCUT2D eigenvalue weighted by atomic mass is 9.87. The van der Waals surface area contributed by atoms with Crippen molar-refractivity contribution in [1.29, 1.82) is 0 Å². The molecule has 1 N–H and O–H groups in total. The van der Waals surface area contributed by atoms with Crippen LogP contribution >= 0.6 is 23.1 Å². The third-order valence-corrected chi connectivity index (χ3v) is 5.79. The molecule has 7 nitrogen and oxygen atoms in total. The van der Waals surface area contributed by atoms with Gasteiger partial charge in [-0.1, -0.05) is 44.7 Å². The maximum atomic E-state index is 12.3. The van der Waals surface area contributed by atoms with Crippen LogP contribution in [-0.2, 0) is 14.9 Å². The van der Waals surface area contributed by atoms with E-state index in [1.54, 1.807) is 18.4 Å². The number of rotatable bonds is 7. The average molecular weight is 446 g/mol. The highest BCUT2D eigenvalue weighted by molar-refractivity contribution is 7.99. The third kappa shape index (κ3) is 5.48. The molecule has 1 amide bonds. The van der Waals surface area contributed by atoms with Crippen LogP contribution in [0.15, 0.2) is 45.4 Å². The quantitative estimate of drug-likeness (QED) is 0.404. The van der Waals surface area contributed by atoms with Crippen LogP contribution in [0.5, 0.6) is 0 Å². The smallest absolute Gasteiger partial charge is 0.341 e. The largest absolute Gasteiger partial charge is 0.462 e. The molecule has 0 aliphatic rings. The van der Waals surface area contributed by atoms with Crippen LogP contribution in [0.25, 0.3) is 11.5 Å². The molecule has 2 aromatic heterocycles. The van der Waals surface area contributed by atoms with Crippen molar-refractivity contribution in [2.45, 2.75) is 38.3 Å². The number of nitrogens with zero attached hydrogens (tertiary/aromatic N) is 2. The molecule has 2 heterocycles. The Balaban J connectivity index is 1.58. The monoisotopic (exact) mass is 445 g/mol. The number of anilines is 1. The first-order valence-electron chi connectivity index (χ1n) is 9.39. The summed E-state index contributed by atoms with van der Waals surface area (Å²) in [7, 11) is 0. The number of carbonyl (C=O) groups is 2. The van der Waals surface area contributed by atoms with Crippen LogP contribution in [0.3, 0.4) is 0 Å². The number of ether oxygens (including phenoxy) is 1. The van der Waals surface area contributed by atoms with E-state index in [9.17, 15) is 9.59 Å². The fourth-order valence-electron chi connectivity index (χ4n) is 2.56. The first kappa shape index (κ1) is 22.0. The second-order valence-corrected chi connectivity index (χ2v) is 9.26. The average Bonchev–Trinajstić information content (AvgIpc) is 3.35. The number of amides is 1. The number of carbonyl (C=O) groups excluding carboxylic acids is 2. The Hall–Kier alpha value is -2.65. The van der Waals surface area contributed by atoms with Crippen molar-refractivity contribution in [2.24, 2.45) is 0 Å². The molecule has 3 aromatic rings. The van der Waals surface area contributed by atoms with Crippen molar-refractivity contribution in [3.63, 3.8) is 0 Å². The van der Waals surface area contributed by atoms with Gasteiger partial charge in [-0.15, -0.1) is 21.5 Å². The lowest BCUT2D eigenvalue weighted by Gasteiger charge is -2.18. The van der Waals surface area contributed by atoms with Gasteiger partial charge in [-0.05, 0) is 41.5 Å². The molecule has 0 aliphatic heterocycles. The summed E-state index contributed by atoms with van der Waals surface area (Å²) < 4.78 is 10.7. The van der Waals surface area contributed by atoms with Crippen molar-refractivity contribution < 1.29 is 18.7 Å². The Bertz CT molecular complexity index is 1020. The van der Waals surface area contributed by atoms with Gasteiger partial charge in [0, 0.05) is 5.56 Å². The van der Waals surface area contributed by atoms with Crippen molar-refractivity contribution in [1.82, 2.24) is 10.2 Å². The second kappa shape index (κ2) is 9.44. The van der Waals surface area contributed by atoms with E-state index in [0.29, 0.717) is 21.7 Å². The van der Waals surface area contributed by atoms with Gasteiger partial charge in [0.05, 0.1) is 17.9 Å². The molecule has 0 saturated carbocycles. The van der Waals surface area contributed by atoms with Crippen LogP contribution in [-0.4, -0.2) is 34.4 Å². The summed E-state index contributed by atoms with van der Waals surface area (Å²) in [5.41, 5.74) is 2.45. The molecular weight excluding hydrogens is 422 g/mol. The minimum absolute atomic E-state index is 0.0669. The van der Waals surface area contributed by atoms with Gasteiger partial charge in [-0.2, -0.15) is 0 Å². The van der Waals surface area contributed by atoms with E-state index in [2.05, 4.69) is 36.3 Å². The zero-order valence-electron chi connectivity index (χ0n) is 17.2. The summed E-state index contributed by atoms with van der Waals surface area (Å²) in [6.07, 6.45) is 0. The van der Waals surface area contributed by atoms with Gasteiger partial charge >= 0.3 is 5.97 Å². The summed E-state index contributed by atoms with van der Waals surface area (Å²) in [5.74, 6) is -0.255. The Kier molecular flexibility index (Phi) is 6.94. The highest BCUT2D eigenvalue weighted by atomic mass is 32.2. The first-order chi connectivity index (χ1) is 14.3. The van der Waals surface area contributed by atoms with Gasteiger partial charge in [-0.3, -0.25) is 4.79 Å². The van der Waals surface area contributed by atoms with Crippen LogP contribution in [0.1, 0.15) is 43.6 Å². The fraction of sp³-hybridized carbons (Fsp3) is 0.333. The van der Waals surface area contributed by atoms with E-state index < -0.39 is 5.97 Å². The van der Waals surface area contributed by atoms with Crippen molar-refractivity contribution >= 4 is 40.0 Å². The predicted molar refractivity (Wildman–Crippen MR) is 118 cm³/mol. The second-order valence-electron chi connectivity index (χ2n) is 7.42. The molecule has 0 spiro atoms. The molecule has 0 saturated heterocycles. The van der Waals surface area contributed by atoms with E-state index in [1.807, 2.05) is 24.3 Å². The molecule has 1 aromatic carbocycles. The summed E-state index contributed by atoms with van der Waals surface area (Å²) in [6, 6.07) is 9.61. The Morgan fingerprint density at radius 1 is 1.17 bits per heavy atom. The predicted octanol–water partition coefficient (Wildman–Crippen LogP) is 5.00. The molecule has 0 bridgehead atoms. The summed E-state index contributed by atoms with van der Waals surface area (Å²) in [5, 5.41) is 13.3. The minimum Gasteiger partial charge on any atom is -0.462 e. The van der Waals surface area contributed by atoms with E-state index in [1.165, 1.54) is 16.9 Å². The van der Waals surface area contributed by atoms with Gasteiger partial charge < -0.3 is 14.5 Å². The topological polar surface area (TPSA) is 94.3 Å². The summed E-state index contributed by atoms with van der Waals surface area (Å²) in [6.45, 7) is 8.47. The Labute approximate surface area is 183 Å². The highest BCUT2D eigenvalue weighted by Crippen LogP contribution is 2.28. The Morgan fingerprint density at radius 3 is 2.57 bits per heavy atom. The number of nitrogens with one attached hydrogen (secondary N) is 1. The van der Waals surface area contributed by atoms with E-state index >= 15 is 0 Å². The number of benzene rings is 1. The number of thiophene rings is 1. The molecule has 0 aliphatic carbocycles. The molecule has 0 fully saturated rings. The number of hydrogen-bond donors (Lipinski definition) is 1. The summed E-state index contributed by atoms with van der Waals surface area (Å²) in [4.78, 5) is 24.2. The zero-order chi connectivity index (χ0) is 21.7. The number of aromatic nitrogens is 2. The Morgan fingerprint density at radius 2 is 1.90 bits per heavy atom. The van der Waals surface area contributed by atoms with E-state index in [0.717, 1.165) is 17.3 Å². The van der Waals surface area contributed by atoms with Gasteiger partial charge in [-0.25, -0.2) is 4.79 Å². The van der Waals surface area contributed by atoms with Crippen molar-refractivity contribution in [2.75, 3.05) is 17.7 Å². The third-order valence-electron chi connectivity index (χ3n) is 4.14. The van der Waals surface area contributed by atoms with E-state index in [-0.39, 0.29) is 23.7 Å².